The van der Waals surface area contributed by atoms with Gasteiger partial charge in [-0.15, -0.1) is 0 Å². The highest BCUT2D eigenvalue weighted by Crippen LogP contribution is 2.26. The summed E-state index contributed by atoms with van der Waals surface area (Å²) >= 11 is 0. The maximum absolute atomic E-state index is 13.2. The third-order valence-electron chi connectivity index (χ3n) is 4.70. The molecular formula is C21H19F4N3O3. The van der Waals surface area contributed by atoms with Crippen LogP contribution in [0.25, 0.3) is 11.3 Å². The van der Waals surface area contributed by atoms with E-state index in [0.29, 0.717) is 0 Å². The number of hydrogen-bond acceptors (Lipinski definition) is 5. The van der Waals surface area contributed by atoms with Crippen molar-refractivity contribution >= 4 is 5.97 Å². The normalized spacial score (nSPS) is 14.2. The molecule has 0 saturated carbocycles. The summed E-state index contributed by atoms with van der Waals surface area (Å²) in [5.41, 5.74) is 4.12. The molecule has 3 aromatic rings. The summed E-state index contributed by atoms with van der Waals surface area (Å²) in [4.78, 5) is 20.2. The smallest absolute Gasteiger partial charge is 0.475 e. The molecule has 31 heavy (non-hydrogen) atoms. The van der Waals surface area contributed by atoms with Crippen molar-refractivity contribution in [1.82, 2.24) is 14.9 Å². The Bertz CT molecular complexity index is 1010. The van der Waals surface area contributed by atoms with Gasteiger partial charge in [0, 0.05) is 36.3 Å². The number of fused-ring (bicyclic) bond motifs is 1. The summed E-state index contributed by atoms with van der Waals surface area (Å²) in [6, 6.07) is 10.4. The number of hydrogen-bond donors (Lipinski definition) is 1. The Labute approximate surface area is 175 Å². The maximum atomic E-state index is 13.2. The number of benzene rings is 1. The van der Waals surface area contributed by atoms with Gasteiger partial charge in [-0.1, -0.05) is 0 Å². The monoisotopic (exact) mass is 437 g/mol. The molecule has 0 spiro atoms. The molecule has 1 aromatic carbocycles. The van der Waals surface area contributed by atoms with Crippen LogP contribution in [0.15, 0.2) is 53.4 Å². The van der Waals surface area contributed by atoms with E-state index in [4.69, 9.17) is 14.3 Å². The highest BCUT2D eigenvalue weighted by molar-refractivity contribution is 5.73. The lowest BCUT2D eigenvalue weighted by molar-refractivity contribution is -0.192. The first-order chi connectivity index (χ1) is 14.7. The zero-order valence-corrected chi connectivity index (χ0v) is 16.3. The van der Waals surface area contributed by atoms with Crippen molar-refractivity contribution in [3.05, 3.63) is 71.8 Å². The first kappa shape index (κ1) is 22.4. The zero-order valence-electron chi connectivity index (χ0n) is 16.3. The average molecular weight is 437 g/mol. The minimum absolute atomic E-state index is 0.233. The fourth-order valence-corrected chi connectivity index (χ4v) is 3.21. The molecule has 0 unspecified atom stereocenters. The summed E-state index contributed by atoms with van der Waals surface area (Å²) in [5.74, 6) is -2.01. The molecule has 6 nitrogen and oxygen atoms in total. The molecule has 1 N–H and O–H groups in total. The lowest BCUT2D eigenvalue weighted by Gasteiger charge is -2.17. The van der Waals surface area contributed by atoms with E-state index >= 15 is 0 Å². The maximum Gasteiger partial charge on any atom is 0.490 e. The molecule has 0 saturated heterocycles. The molecule has 0 atom stereocenters. The Hall–Kier alpha value is -3.27. The molecular weight excluding hydrogens is 418 g/mol. The predicted molar refractivity (Wildman–Crippen MR) is 103 cm³/mol. The number of nitrogens with zero attached hydrogens (tertiary/aromatic N) is 3. The third kappa shape index (κ3) is 6.11. The SMILES string of the molecule is Fc1ccc(-c2ncnc3c2CCN(Cc2ccco2)CC3)cc1.O=C(O)C(F)(F)F. The second-order valence-corrected chi connectivity index (χ2v) is 6.81. The van der Waals surface area contributed by atoms with Gasteiger partial charge in [-0.05, 0) is 42.8 Å². The lowest BCUT2D eigenvalue weighted by atomic mass is 10.0. The number of carboxylic acid groups (broad SMARTS) is 1. The van der Waals surface area contributed by atoms with E-state index in [2.05, 4.69) is 14.9 Å². The topological polar surface area (TPSA) is 79.5 Å². The molecule has 1 aliphatic heterocycles. The van der Waals surface area contributed by atoms with Crippen LogP contribution in [0.4, 0.5) is 17.6 Å². The van der Waals surface area contributed by atoms with Gasteiger partial charge in [0.15, 0.2) is 0 Å². The van der Waals surface area contributed by atoms with Crippen molar-refractivity contribution in [3.63, 3.8) is 0 Å². The van der Waals surface area contributed by atoms with Crippen molar-refractivity contribution < 1.29 is 31.9 Å². The summed E-state index contributed by atoms with van der Waals surface area (Å²) in [7, 11) is 0. The molecule has 10 heteroatoms. The largest absolute Gasteiger partial charge is 0.490 e. The summed E-state index contributed by atoms with van der Waals surface area (Å²) < 4.78 is 50.4. The van der Waals surface area contributed by atoms with Gasteiger partial charge in [0.1, 0.15) is 17.9 Å². The van der Waals surface area contributed by atoms with Gasteiger partial charge in [-0.25, -0.2) is 19.2 Å². The van der Waals surface area contributed by atoms with Crippen LogP contribution in [0.2, 0.25) is 0 Å². The minimum atomic E-state index is -5.08. The second kappa shape index (κ2) is 9.69. The number of aliphatic carboxylic acids is 1. The van der Waals surface area contributed by atoms with Gasteiger partial charge < -0.3 is 9.52 Å². The Kier molecular flexibility index (Phi) is 7.01. The van der Waals surface area contributed by atoms with Crippen molar-refractivity contribution in [1.29, 1.82) is 0 Å². The van der Waals surface area contributed by atoms with Crippen LogP contribution >= 0.6 is 0 Å². The van der Waals surface area contributed by atoms with Gasteiger partial charge in [-0.2, -0.15) is 13.2 Å². The van der Waals surface area contributed by atoms with Crippen LogP contribution in [0.1, 0.15) is 17.0 Å². The van der Waals surface area contributed by atoms with E-state index in [0.717, 1.165) is 55.2 Å². The lowest BCUT2D eigenvalue weighted by Crippen LogP contribution is -2.25. The highest BCUT2D eigenvalue weighted by Gasteiger charge is 2.38. The summed E-state index contributed by atoms with van der Waals surface area (Å²) in [6.07, 6.45) is -0.00389. The highest BCUT2D eigenvalue weighted by atomic mass is 19.4. The first-order valence-electron chi connectivity index (χ1n) is 9.37. The van der Waals surface area contributed by atoms with Crippen LogP contribution in [0, 0.1) is 5.82 Å². The molecule has 0 radical (unpaired) electrons. The van der Waals surface area contributed by atoms with Crippen molar-refractivity contribution in [2.75, 3.05) is 13.1 Å². The summed E-state index contributed by atoms with van der Waals surface area (Å²) in [6.45, 7) is 2.67. The van der Waals surface area contributed by atoms with Crippen LogP contribution in [0.3, 0.4) is 0 Å². The average Bonchev–Trinajstić information content (AvgIpc) is 3.15. The predicted octanol–water partition coefficient (Wildman–Crippen LogP) is 4.11. The summed E-state index contributed by atoms with van der Waals surface area (Å²) in [5, 5.41) is 7.12. The van der Waals surface area contributed by atoms with Crippen molar-refractivity contribution in [2.45, 2.75) is 25.6 Å². The van der Waals surface area contributed by atoms with E-state index in [1.807, 2.05) is 12.1 Å². The van der Waals surface area contributed by atoms with Crippen molar-refractivity contribution in [3.8, 4) is 11.3 Å². The number of rotatable bonds is 3. The first-order valence-corrected chi connectivity index (χ1v) is 9.37. The quantitative estimate of drug-likeness (QED) is 0.622. The number of aromatic nitrogens is 2. The standard InChI is InChI=1S/C19H18FN3O.C2HF3O2/c20-15-5-3-14(4-6-15)19-17-7-9-23(12-16-2-1-11-24-16)10-8-18(17)21-13-22-19;3-2(4,5)1(6)7/h1-6,11,13H,7-10,12H2;(H,6,7). The Morgan fingerprint density at radius 2 is 1.77 bits per heavy atom. The number of halogens is 4. The third-order valence-corrected chi connectivity index (χ3v) is 4.70. The fraction of sp³-hybridized carbons (Fsp3) is 0.286. The van der Waals surface area contributed by atoms with E-state index in [1.54, 1.807) is 24.7 Å². The molecule has 1 aliphatic rings. The minimum Gasteiger partial charge on any atom is -0.475 e. The van der Waals surface area contributed by atoms with Crippen LogP contribution in [0.5, 0.6) is 0 Å². The molecule has 0 fully saturated rings. The van der Waals surface area contributed by atoms with Gasteiger partial charge in [-0.3, -0.25) is 4.90 Å². The molecule has 3 heterocycles. The van der Waals surface area contributed by atoms with Crippen LogP contribution < -0.4 is 0 Å². The number of alkyl halides is 3. The molecule has 0 aliphatic carbocycles. The van der Waals surface area contributed by atoms with Gasteiger partial charge in [0.05, 0.1) is 18.5 Å². The van der Waals surface area contributed by atoms with Crippen molar-refractivity contribution in [2.24, 2.45) is 0 Å². The Morgan fingerprint density at radius 1 is 1.10 bits per heavy atom. The number of carbonyl (C=O) groups is 1. The second-order valence-electron chi connectivity index (χ2n) is 6.81. The van der Waals surface area contributed by atoms with Gasteiger partial charge in [0.25, 0.3) is 0 Å². The van der Waals surface area contributed by atoms with Crippen LogP contribution in [-0.2, 0) is 24.2 Å². The molecule has 4 rings (SSSR count). The van der Waals surface area contributed by atoms with E-state index in [1.165, 1.54) is 17.7 Å². The van der Waals surface area contributed by atoms with Gasteiger partial charge in [0.2, 0.25) is 0 Å². The number of furan rings is 1. The van der Waals surface area contributed by atoms with Crippen LogP contribution in [-0.4, -0.2) is 45.2 Å². The van der Waals surface area contributed by atoms with E-state index in [-0.39, 0.29) is 5.82 Å². The van der Waals surface area contributed by atoms with Gasteiger partial charge >= 0.3 is 12.1 Å². The molecule has 164 valence electrons. The number of carboxylic acids is 1. The molecule has 0 amide bonds. The van der Waals surface area contributed by atoms with E-state index < -0.39 is 12.1 Å². The molecule has 2 aromatic heterocycles. The Morgan fingerprint density at radius 3 is 2.39 bits per heavy atom. The molecule has 0 bridgehead atoms. The fourth-order valence-electron chi connectivity index (χ4n) is 3.21. The van der Waals surface area contributed by atoms with E-state index in [9.17, 15) is 17.6 Å². The zero-order chi connectivity index (χ0) is 22.4. The Balaban J connectivity index is 0.000000339.